The van der Waals surface area contributed by atoms with E-state index in [-0.39, 0.29) is 11.9 Å². The Kier molecular flexibility index (Phi) is 8.10. The Labute approximate surface area is 223 Å². The van der Waals surface area contributed by atoms with E-state index in [2.05, 4.69) is 50.8 Å². The zero-order chi connectivity index (χ0) is 24.9. The normalized spacial score (nSPS) is 17.5. The Morgan fingerprint density at radius 1 is 0.972 bits per heavy atom. The molecule has 1 saturated heterocycles. The van der Waals surface area contributed by atoms with Gasteiger partial charge in [0.25, 0.3) is 0 Å². The first-order chi connectivity index (χ1) is 17.5. The van der Waals surface area contributed by atoms with Crippen molar-refractivity contribution in [1.29, 1.82) is 0 Å². The fourth-order valence-corrected chi connectivity index (χ4v) is 5.75. The maximum atomic E-state index is 12.7. The molecule has 1 aromatic heterocycles. The van der Waals surface area contributed by atoms with Crippen molar-refractivity contribution in [2.45, 2.75) is 31.6 Å². The Morgan fingerprint density at radius 3 is 2.33 bits per heavy atom. The number of halogens is 2. The maximum Gasteiger partial charge on any atom is 0.319 e. The van der Waals surface area contributed by atoms with Gasteiger partial charge in [0.2, 0.25) is 0 Å². The highest BCUT2D eigenvalue weighted by molar-refractivity contribution is 6.35. The second-order valence-corrected chi connectivity index (χ2v) is 10.9. The number of carbonyl (C=O) groups excluding carboxylic acids is 1. The van der Waals surface area contributed by atoms with Gasteiger partial charge in [-0.2, -0.15) is 0 Å². The summed E-state index contributed by atoms with van der Waals surface area (Å²) >= 11 is 12.2. The molecule has 0 bridgehead atoms. The molecule has 2 aliphatic rings. The first-order valence-electron chi connectivity index (χ1n) is 12.8. The number of likely N-dealkylation sites (tertiary alicyclic amines) is 1. The highest BCUT2D eigenvalue weighted by Crippen LogP contribution is 2.36. The third-order valence-electron chi connectivity index (χ3n) is 7.35. The summed E-state index contributed by atoms with van der Waals surface area (Å²) in [4.78, 5) is 19.6. The molecule has 1 aliphatic carbocycles. The molecule has 2 amide bonds. The highest BCUT2D eigenvalue weighted by Gasteiger charge is 2.31. The van der Waals surface area contributed by atoms with Crippen LogP contribution in [0.2, 0.25) is 10.0 Å². The third kappa shape index (κ3) is 6.78. The lowest BCUT2D eigenvalue weighted by atomic mass is 9.79. The molecule has 0 radical (unpaired) electrons. The number of pyridine rings is 1. The number of urea groups is 1. The van der Waals surface area contributed by atoms with E-state index in [0.717, 1.165) is 43.0 Å². The number of nitrogens with zero attached hydrogens (tertiary/aromatic N) is 2. The number of carbonyl (C=O) groups is 1. The molecule has 2 aromatic carbocycles. The summed E-state index contributed by atoms with van der Waals surface area (Å²) in [6.07, 6.45) is 8.75. The number of rotatable bonds is 8. The molecule has 1 unspecified atom stereocenters. The molecule has 5 rings (SSSR count). The van der Waals surface area contributed by atoms with Crippen LogP contribution in [0.5, 0.6) is 0 Å². The zero-order valence-electron chi connectivity index (χ0n) is 20.3. The van der Waals surface area contributed by atoms with Gasteiger partial charge in [-0.1, -0.05) is 53.5 Å². The van der Waals surface area contributed by atoms with Crippen LogP contribution in [-0.4, -0.2) is 42.1 Å². The number of piperidine rings is 1. The van der Waals surface area contributed by atoms with E-state index in [4.69, 9.17) is 23.2 Å². The topological polar surface area (TPSA) is 57.3 Å². The van der Waals surface area contributed by atoms with Gasteiger partial charge in [-0.25, -0.2) is 4.79 Å². The van der Waals surface area contributed by atoms with E-state index in [1.807, 2.05) is 12.3 Å². The molecule has 188 valence electrons. The summed E-state index contributed by atoms with van der Waals surface area (Å²) < 4.78 is 0. The Balaban J connectivity index is 1.27. The van der Waals surface area contributed by atoms with Gasteiger partial charge in [0.1, 0.15) is 0 Å². The van der Waals surface area contributed by atoms with E-state index in [9.17, 15) is 4.79 Å². The van der Waals surface area contributed by atoms with Crippen molar-refractivity contribution in [1.82, 2.24) is 15.2 Å². The van der Waals surface area contributed by atoms with Crippen LogP contribution in [0.1, 0.15) is 37.2 Å². The van der Waals surface area contributed by atoms with Gasteiger partial charge in [-0.05, 0) is 91.6 Å². The zero-order valence-corrected chi connectivity index (χ0v) is 21.8. The summed E-state index contributed by atoms with van der Waals surface area (Å²) in [5.74, 6) is 1.68. The lowest BCUT2D eigenvalue weighted by Gasteiger charge is -2.36. The SMILES string of the molecule is O=C(NCC(c1ccc(-c2cccnc2)cc1)C1CCN(CC2CC2)CC1)Nc1cc(Cl)cc(Cl)c1. The van der Waals surface area contributed by atoms with Crippen molar-refractivity contribution < 1.29 is 4.79 Å². The van der Waals surface area contributed by atoms with Gasteiger partial charge in [0, 0.05) is 47.1 Å². The lowest BCUT2D eigenvalue weighted by Crippen LogP contribution is -2.40. The van der Waals surface area contributed by atoms with Crippen LogP contribution in [0.4, 0.5) is 10.5 Å². The van der Waals surface area contributed by atoms with Gasteiger partial charge in [0.15, 0.2) is 0 Å². The molecule has 36 heavy (non-hydrogen) atoms. The van der Waals surface area contributed by atoms with Crippen LogP contribution in [0.25, 0.3) is 11.1 Å². The van der Waals surface area contributed by atoms with Crippen LogP contribution in [-0.2, 0) is 0 Å². The molecule has 7 heteroatoms. The monoisotopic (exact) mass is 522 g/mol. The first kappa shape index (κ1) is 25.1. The van der Waals surface area contributed by atoms with Crippen molar-refractivity contribution in [2.24, 2.45) is 11.8 Å². The number of anilines is 1. The molecular weight excluding hydrogens is 491 g/mol. The Morgan fingerprint density at radius 2 is 1.69 bits per heavy atom. The summed E-state index contributed by atoms with van der Waals surface area (Å²) in [5, 5.41) is 6.95. The molecule has 2 heterocycles. The van der Waals surface area contributed by atoms with Gasteiger partial charge in [0.05, 0.1) is 0 Å². The van der Waals surface area contributed by atoms with E-state index in [0.29, 0.717) is 28.2 Å². The second-order valence-electron chi connectivity index (χ2n) is 10.0. The molecule has 2 fully saturated rings. The largest absolute Gasteiger partial charge is 0.337 e. The van der Waals surface area contributed by atoms with Gasteiger partial charge >= 0.3 is 6.03 Å². The number of benzene rings is 2. The maximum absolute atomic E-state index is 12.7. The van der Waals surface area contributed by atoms with E-state index < -0.39 is 0 Å². The molecule has 1 aliphatic heterocycles. The van der Waals surface area contributed by atoms with E-state index in [1.165, 1.54) is 24.9 Å². The smallest absolute Gasteiger partial charge is 0.319 e. The van der Waals surface area contributed by atoms with Crippen molar-refractivity contribution in [3.8, 4) is 11.1 Å². The molecule has 0 spiro atoms. The molecule has 1 saturated carbocycles. The van der Waals surface area contributed by atoms with Crippen molar-refractivity contribution in [3.05, 3.63) is 82.6 Å². The Bertz CT molecular complexity index is 1140. The van der Waals surface area contributed by atoms with Crippen LogP contribution < -0.4 is 10.6 Å². The fourth-order valence-electron chi connectivity index (χ4n) is 5.22. The predicted octanol–water partition coefficient (Wildman–Crippen LogP) is 7.08. The minimum absolute atomic E-state index is 0.240. The summed E-state index contributed by atoms with van der Waals surface area (Å²) in [6.45, 7) is 4.09. The van der Waals surface area contributed by atoms with Crippen molar-refractivity contribution in [3.63, 3.8) is 0 Å². The number of nitrogens with one attached hydrogen (secondary N) is 2. The summed E-state index contributed by atoms with van der Waals surface area (Å²) in [6, 6.07) is 17.5. The quantitative estimate of drug-likeness (QED) is 0.332. The van der Waals surface area contributed by atoms with Crippen molar-refractivity contribution >= 4 is 34.9 Å². The number of hydrogen-bond acceptors (Lipinski definition) is 3. The van der Waals surface area contributed by atoms with Crippen LogP contribution >= 0.6 is 23.2 Å². The highest BCUT2D eigenvalue weighted by atomic mass is 35.5. The molecule has 2 N–H and O–H groups in total. The summed E-state index contributed by atoms with van der Waals surface area (Å²) in [5.41, 5.74) is 4.09. The molecule has 5 nitrogen and oxygen atoms in total. The minimum atomic E-state index is -0.253. The van der Waals surface area contributed by atoms with Gasteiger partial charge < -0.3 is 15.5 Å². The lowest BCUT2D eigenvalue weighted by molar-refractivity contribution is 0.162. The van der Waals surface area contributed by atoms with Crippen molar-refractivity contribution in [2.75, 3.05) is 31.5 Å². The van der Waals surface area contributed by atoms with Crippen LogP contribution in [0.15, 0.2) is 67.0 Å². The standard InChI is InChI=1S/C29H32Cl2N4O/c30-25-14-26(31)16-27(15-25)34-29(36)33-18-28(23-9-12-35(13-10-23)19-20-3-4-20)22-7-5-21(6-8-22)24-2-1-11-32-17-24/h1-2,5-8,11,14-17,20,23,28H,3-4,9-10,12-13,18-19H2,(H2,33,34,36). The number of hydrogen-bond donors (Lipinski definition) is 2. The number of aromatic nitrogens is 1. The second kappa shape index (κ2) is 11.6. The molecule has 1 atom stereocenters. The first-order valence-corrected chi connectivity index (χ1v) is 13.5. The van der Waals surface area contributed by atoms with E-state index >= 15 is 0 Å². The van der Waals surface area contributed by atoms with Crippen LogP contribution in [0.3, 0.4) is 0 Å². The number of amides is 2. The molecule has 3 aromatic rings. The Hall–Kier alpha value is -2.60. The van der Waals surface area contributed by atoms with Gasteiger partial charge in [-0.15, -0.1) is 0 Å². The third-order valence-corrected chi connectivity index (χ3v) is 7.79. The fraction of sp³-hybridized carbons (Fsp3) is 0.379. The van der Waals surface area contributed by atoms with E-state index in [1.54, 1.807) is 24.4 Å². The van der Waals surface area contributed by atoms with Crippen LogP contribution in [0, 0.1) is 11.8 Å². The minimum Gasteiger partial charge on any atom is -0.337 e. The van der Waals surface area contributed by atoms with Gasteiger partial charge in [-0.3, -0.25) is 4.98 Å². The molecular formula is C29H32Cl2N4O. The average Bonchev–Trinajstić information content (AvgIpc) is 3.69. The average molecular weight is 524 g/mol. The predicted molar refractivity (Wildman–Crippen MR) is 148 cm³/mol. The summed E-state index contributed by atoms with van der Waals surface area (Å²) in [7, 11) is 0.